The summed E-state index contributed by atoms with van der Waals surface area (Å²) in [5, 5.41) is 8.13. The molecule has 44 valence electrons. The van der Waals surface area contributed by atoms with Gasteiger partial charge in [-0.25, -0.2) is 0 Å². The average molecular weight is 215 g/mol. The Morgan fingerprint density at radius 3 is 1.64 bits per heavy atom. The molecule has 1 N–H and O–H groups in total. The molecule has 1 heterocycles. The van der Waals surface area contributed by atoms with Crippen molar-refractivity contribution < 1.29 is 18.7 Å². The molecule has 4 radical (unpaired) electrons. The van der Waals surface area contributed by atoms with E-state index in [9.17, 15) is 4.57 Å². The van der Waals surface area contributed by atoms with Crippen molar-refractivity contribution in [1.29, 1.82) is 0 Å². The first-order valence-corrected chi connectivity index (χ1v) is 2.84. The number of hydrogen-bond donors (Lipinski definition) is 1. The third-order valence-corrected chi connectivity index (χ3v) is 1.37. The van der Waals surface area contributed by atoms with Crippen LogP contribution in [-0.2, 0) is 13.6 Å². The van der Waals surface area contributed by atoms with Gasteiger partial charge in [-0.2, -0.15) is 0 Å². The molecule has 0 aliphatic carbocycles. The Bertz CT molecular complexity index is 94.1. The van der Waals surface area contributed by atoms with Crippen LogP contribution in [0.3, 0.4) is 0 Å². The van der Waals surface area contributed by atoms with Gasteiger partial charge in [-0.1, -0.05) is 9.05 Å². The zero-order chi connectivity index (χ0) is 5.28. The first-order chi connectivity index (χ1) is 3.33. The Balaban J connectivity index is -0.0000000612. The first-order valence-electron chi connectivity index (χ1n) is 1.74. The van der Waals surface area contributed by atoms with Crippen molar-refractivity contribution in [2.24, 2.45) is 0 Å². The number of aliphatic hydroxyl groups is 1. The molecule has 1 fully saturated rings. The zero-order valence-electron chi connectivity index (χ0n) is 7.40. The van der Waals surface area contributed by atoms with E-state index >= 15 is 0 Å². The summed E-state index contributed by atoms with van der Waals surface area (Å²) in [6, 6.07) is 0. The van der Waals surface area contributed by atoms with E-state index in [1.807, 2.05) is 0 Å². The van der Waals surface area contributed by atoms with Crippen molar-refractivity contribution in [2.75, 3.05) is 6.61 Å². The fourth-order valence-corrected chi connectivity index (χ4v) is 0.800. The van der Waals surface area contributed by atoms with Crippen LogP contribution in [0.1, 0.15) is 0 Å². The summed E-state index contributed by atoms with van der Waals surface area (Å²) >= 11 is 0. The van der Waals surface area contributed by atoms with Gasteiger partial charge in [-0.15, -0.1) is 0 Å². The average Bonchev–Trinajstić information content (AvgIpc) is 1.58. The van der Waals surface area contributed by atoms with Crippen LogP contribution in [-0.4, -0.2) is 136 Å². The summed E-state index contributed by atoms with van der Waals surface area (Å²) in [4.78, 5) is 0. The summed E-state index contributed by atoms with van der Waals surface area (Å²) < 4.78 is 18.5. The van der Waals surface area contributed by atoms with Gasteiger partial charge in [0, 0.05) is 123 Å². The first kappa shape index (κ1) is 24.3. The van der Waals surface area contributed by atoms with Crippen LogP contribution >= 0.6 is 8.25 Å². The maximum absolute atomic E-state index is 9.86. The molecule has 1 saturated heterocycles. The molecule has 0 bridgehead atoms. The van der Waals surface area contributed by atoms with E-state index in [-0.39, 0.29) is 125 Å². The van der Waals surface area contributed by atoms with E-state index in [4.69, 9.17) is 5.11 Å². The molecule has 0 amide bonds. The molecule has 0 unspecified atom stereocenters. The molecule has 0 spiro atoms. The Labute approximate surface area is 155 Å². The molecule has 0 aromatic rings. The number of hydrogen-bond acceptors (Lipinski definition) is 4. The molecule has 0 atom stereocenters. The van der Waals surface area contributed by atoms with Crippen LogP contribution in [0.4, 0.5) is 0 Å². The van der Waals surface area contributed by atoms with E-state index in [1.54, 1.807) is 0 Å². The zero-order valence-corrected chi connectivity index (χ0v) is 16.3. The van der Waals surface area contributed by atoms with E-state index < -0.39 is 14.5 Å². The van der Waals surface area contributed by atoms with Crippen molar-refractivity contribution >= 4 is 126 Å². The normalized spacial score (nSPS) is 22.3. The van der Waals surface area contributed by atoms with E-state index in [2.05, 4.69) is 9.05 Å². The Morgan fingerprint density at radius 1 is 1.18 bits per heavy atom. The Morgan fingerprint density at radius 2 is 1.55 bits per heavy atom. The molecule has 1 aliphatic rings. The molecule has 0 aromatic carbocycles. The van der Waals surface area contributed by atoms with Crippen molar-refractivity contribution in [3.8, 4) is 0 Å². The minimum atomic E-state index is -1.87. The summed E-state index contributed by atoms with van der Waals surface area (Å²) in [6.07, 6.45) is -0.636. The Hall–Kier alpha value is 3.98. The second-order valence-electron chi connectivity index (χ2n) is 1.05. The van der Waals surface area contributed by atoms with Gasteiger partial charge < -0.3 is 5.11 Å². The van der Waals surface area contributed by atoms with Crippen LogP contribution in [0.25, 0.3) is 0 Å². The van der Waals surface area contributed by atoms with Gasteiger partial charge in [0.15, 0.2) is 0 Å². The fourth-order valence-electron chi connectivity index (χ4n) is 0.267. The molecular formula is C2H4Na4O4P+. The predicted molar refractivity (Wildman–Crippen MR) is 43.7 cm³/mol. The van der Waals surface area contributed by atoms with Gasteiger partial charge in [0.2, 0.25) is 0 Å². The molecule has 1 aliphatic heterocycles. The van der Waals surface area contributed by atoms with Crippen molar-refractivity contribution in [3.63, 3.8) is 0 Å². The van der Waals surface area contributed by atoms with E-state index in [1.165, 1.54) is 0 Å². The maximum Gasteiger partial charge on any atom is 0.703 e. The third kappa shape index (κ3) is 10.3. The summed E-state index contributed by atoms with van der Waals surface area (Å²) in [5.74, 6) is 0. The van der Waals surface area contributed by atoms with Gasteiger partial charge >= 0.3 is 8.25 Å². The summed E-state index contributed by atoms with van der Waals surface area (Å²) in [7, 11) is -1.87. The van der Waals surface area contributed by atoms with Gasteiger partial charge in [-0.05, 0) is 0 Å². The molecule has 9 heteroatoms. The topological polar surface area (TPSA) is 55.8 Å². The van der Waals surface area contributed by atoms with Gasteiger partial charge in [-0.3, -0.25) is 0 Å². The maximum atomic E-state index is 9.86. The second kappa shape index (κ2) is 14.0. The summed E-state index contributed by atoms with van der Waals surface area (Å²) in [5.41, 5.74) is 0. The number of rotatable bonds is 1. The van der Waals surface area contributed by atoms with Gasteiger partial charge in [0.1, 0.15) is 6.61 Å². The minimum Gasteiger partial charge on any atom is -0.391 e. The summed E-state index contributed by atoms with van der Waals surface area (Å²) in [6.45, 7) is -0.221. The largest absolute Gasteiger partial charge is 0.703 e. The second-order valence-corrected chi connectivity index (χ2v) is 1.92. The molecule has 0 aromatic heterocycles. The fraction of sp³-hybridized carbons (Fsp3) is 1.00. The number of aliphatic hydroxyl groups excluding tert-OH is 1. The SMILES string of the molecule is O=[P+]1OC(CO)O1.[Na].[Na].[Na].[Na]. The van der Waals surface area contributed by atoms with Crippen molar-refractivity contribution in [3.05, 3.63) is 0 Å². The van der Waals surface area contributed by atoms with E-state index in [0.717, 1.165) is 0 Å². The van der Waals surface area contributed by atoms with Gasteiger partial charge in [0.05, 0.1) is 0 Å². The Kier molecular flexibility index (Phi) is 30.9. The van der Waals surface area contributed by atoms with Crippen LogP contribution < -0.4 is 0 Å². The predicted octanol–water partition coefficient (Wildman–Crippen LogP) is -1.51. The third-order valence-electron chi connectivity index (χ3n) is 0.556. The molecular weight excluding hydrogens is 211 g/mol. The van der Waals surface area contributed by atoms with Crippen molar-refractivity contribution in [2.45, 2.75) is 6.29 Å². The molecule has 4 nitrogen and oxygen atoms in total. The molecule has 11 heavy (non-hydrogen) atoms. The quantitative estimate of drug-likeness (QED) is 0.426. The standard InChI is InChI=1S/C2H4O4P.4Na/c3-1-2-5-7(4)6-2;;;;/h2-3H,1H2;;;;/q+1;;;;. The van der Waals surface area contributed by atoms with Crippen LogP contribution in [0.2, 0.25) is 0 Å². The molecule has 0 saturated carbocycles. The minimum absolute atomic E-state index is 0. The van der Waals surface area contributed by atoms with Gasteiger partial charge in [0.25, 0.3) is 6.29 Å². The van der Waals surface area contributed by atoms with Crippen LogP contribution in [0.5, 0.6) is 0 Å². The molecule has 1 rings (SSSR count). The monoisotopic (exact) mass is 215 g/mol. The van der Waals surface area contributed by atoms with Crippen LogP contribution in [0.15, 0.2) is 0 Å². The van der Waals surface area contributed by atoms with E-state index in [0.29, 0.717) is 0 Å². The van der Waals surface area contributed by atoms with Crippen LogP contribution in [0, 0.1) is 0 Å². The smallest absolute Gasteiger partial charge is 0.391 e. The van der Waals surface area contributed by atoms with Crippen molar-refractivity contribution in [1.82, 2.24) is 0 Å².